The molecule has 0 unspecified atom stereocenters. The summed E-state index contributed by atoms with van der Waals surface area (Å²) in [7, 11) is 0. The topological polar surface area (TPSA) is 62.0 Å². The van der Waals surface area contributed by atoms with Crippen molar-refractivity contribution in [2.75, 3.05) is 0 Å². The van der Waals surface area contributed by atoms with Gasteiger partial charge in [0.2, 0.25) is 0 Å². The summed E-state index contributed by atoms with van der Waals surface area (Å²) in [6, 6.07) is 5.70. The maximum atomic E-state index is 9.76. The van der Waals surface area contributed by atoms with E-state index in [1.165, 1.54) is 0 Å². The summed E-state index contributed by atoms with van der Waals surface area (Å²) in [5.74, 6) is 0.296. The second kappa shape index (κ2) is 2.78. The second-order valence-corrected chi connectivity index (χ2v) is 3.19. The Bertz CT molecular complexity index is 445. The number of fused-ring (bicyclic) bond motifs is 1. The van der Waals surface area contributed by atoms with Crippen LogP contribution >= 0.6 is 0 Å². The van der Waals surface area contributed by atoms with Crippen molar-refractivity contribution in [3.8, 4) is 5.75 Å². The molecule has 68 valence electrons. The number of nitrogens with two attached hydrogens (primary N) is 1. The number of aromatic nitrogens is 1. The number of aryl methyl sites for hydroxylation is 1. The molecular weight excluding hydrogens is 164 g/mol. The fraction of sp³-hybridized carbons (Fsp3) is 0.200. The smallest absolute Gasteiger partial charge is 0.129 e. The van der Waals surface area contributed by atoms with Crippen LogP contribution in [0.5, 0.6) is 5.75 Å². The van der Waals surface area contributed by atoms with Crippen molar-refractivity contribution in [2.45, 2.75) is 13.5 Å². The lowest BCUT2D eigenvalue weighted by molar-refractivity contribution is 0.475. The minimum Gasteiger partial charge on any atom is -0.507 e. The van der Waals surface area contributed by atoms with Crippen LogP contribution < -0.4 is 5.73 Å². The van der Waals surface area contributed by atoms with Gasteiger partial charge >= 0.3 is 0 Å². The second-order valence-electron chi connectivity index (χ2n) is 3.19. The van der Waals surface area contributed by atoms with E-state index in [2.05, 4.69) is 4.98 Å². The van der Waals surface area contributed by atoms with Crippen molar-refractivity contribution in [3.63, 3.8) is 0 Å². The van der Waals surface area contributed by atoms with Crippen molar-refractivity contribution in [1.29, 1.82) is 0 Å². The average Bonchev–Trinajstić information content (AvgIpc) is 2.47. The third kappa shape index (κ3) is 1.17. The molecule has 2 aromatic rings. The highest BCUT2D eigenvalue weighted by molar-refractivity contribution is 5.87. The third-order valence-corrected chi connectivity index (χ3v) is 2.21. The zero-order valence-corrected chi connectivity index (χ0v) is 7.46. The normalized spacial score (nSPS) is 10.9. The molecule has 0 amide bonds. The monoisotopic (exact) mass is 176 g/mol. The van der Waals surface area contributed by atoms with Crippen LogP contribution in [0.3, 0.4) is 0 Å². The van der Waals surface area contributed by atoms with Gasteiger partial charge in [0.1, 0.15) is 5.75 Å². The molecule has 13 heavy (non-hydrogen) atoms. The minimum absolute atomic E-state index is 0.296. The molecule has 0 saturated carbocycles. The molecule has 3 heteroatoms. The highest BCUT2D eigenvalue weighted by Gasteiger charge is 2.06. The number of benzene rings is 1. The molecule has 0 fully saturated rings. The zero-order chi connectivity index (χ0) is 9.42. The SMILES string of the molecule is Cc1cc2c(O)c(CN)ccc2[nH]1. The highest BCUT2D eigenvalue weighted by atomic mass is 16.3. The van der Waals surface area contributed by atoms with Gasteiger partial charge in [-0.25, -0.2) is 0 Å². The summed E-state index contributed by atoms with van der Waals surface area (Å²) in [5, 5.41) is 10.6. The van der Waals surface area contributed by atoms with E-state index < -0.39 is 0 Å². The van der Waals surface area contributed by atoms with Gasteiger partial charge in [-0.15, -0.1) is 0 Å². The molecule has 0 saturated heterocycles. The van der Waals surface area contributed by atoms with Crippen molar-refractivity contribution in [3.05, 3.63) is 29.5 Å². The summed E-state index contributed by atoms with van der Waals surface area (Å²) in [6.45, 7) is 2.33. The van der Waals surface area contributed by atoms with E-state index >= 15 is 0 Å². The number of phenols is 1. The van der Waals surface area contributed by atoms with Gasteiger partial charge in [-0.05, 0) is 19.1 Å². The quantitative estimate of drug-likeness (QED) is 0.618. The Morgan fingerprint density at radius 2 is 2.23 bits per heavy atom. The molecule has 0 aliphatic rings. The van der Waals surface area contributed by atoms with Crippen LogP contribution in [0.4, 0.5) is 0 Å². The predicted molar refractivity (Wildman–Crippen MR) is 52.6 cm³/mol. The first-order chi connectivity index (χ1) is 6.22. The summed E-state index contributed by atoms with van der Waals surface area (Å²) in [6.07, 6.45) is 0. The number of aromatic hydroxyl groups is 1. The lowest BCUT2D eigenvalue weighted by Gasteiger charge is -2.01. The number of phenolic OH excluding ortho intramolecular Hbond substituents is 1. The molecule has 1 heterocycles. The minimum atomic E-state index is 0.296. The molecule has 1 aromatic heterocycles. The predicted octanol–water partition coefficient (Wildman–Crippen LogP) is 1.64. The molecule has 3 nitrogen and oxygen atoms in total. The Kier molecular flexibility index (Phi) is 1.74. The summed E-state index contributed by atoms with van der Waals surface area (Å²) < 4.78 is 0. The van der Waals surface area contributed by atoms with E-state index in [0.717, 1.165) is 22.2 Å². The molecule has 0 atom stereocenters. The molecule has 1 aromatic carbocycles. The largest absolute Gasteiger partial charge is 0.507 e. The Balaban J connectivity index is 2.78. The molecule has 0 bridgehead atoms. The fourth-order valence-electron chi connectivity index (χ4n) is 1.54. The summed E-state index contributed by atoms with van der Waals surface area (Å²) in [5.41, 5.74) is 8.25. The Hall–Kier alpha value is -1.48. The van der Waals surface area contributed by atoms with Crippen LogP contribution in [0.15, 0.2) is 18.2 Å². The number of hydrogen-bond acceptors (Lipinski definition) is 2. The Morgan fingerprint density at radius 1 is 1.46 bits per heavy atom. The highest BCUT2D eigenvalue weighted by Crippen LogP contribution is 2.28. The van der Waals surface area contributed by atoms with Crippen molar-refractivity contribution < 1.29 is 5.11 Å². The fourth-order valence-corrected chi connectivity index (χ4v) is 1.54. The number of rotatable bonds is 1. The third-order valence-electron chi connectivity index (χ3n) is 2.21. The lowest BCUT2D eigenvalue weighted by atomic mass is 10.1. The van der Waals surface area contributed by atoms with Gasteiger partial charge in [0.05, 0.1) is 0 Å². The van der Waals surface area contributed by atoms with Crippen LogP contribution in [0.1, 0.15) is 11.3 Å². The van der Waals surface area contributed by atoms with Crippen molar-refractivity contribution in [1.82, 2.24) is 4.98 Å². The first-order valence-corrected chi connectivity index (χ1v) is 4.22. The van der Waals surface area contributed by atoms with Crippen LogP contribution in [0.2, 0.25) is 0 Å². The number of hydrogen-bond donors (Lipinski definition) is 3. The van der Waals surface area contributed by atoms with E-state index in [0.29, 0.717) is 12.3 Å². The van der Waals surface area contributed by atoms with Crippen LogP contribution in [0, 0.1) is 6.92 Å². The summed E-state index contributed by atoms with van der Waals surface area (Å²) in [4.78, 5) is 3.15. The van der Waals surface area contributed by atoms with Gasteiger partial charge in [0, 0.05) is 28.7 Å². The molecule has 2 rings (SSSR count). The van der Waals surface area contributed by atoms with E-state index in [1.54, 1.807) is 0 Å². The van der Waals surface area contributed by atoms with Crippen LogP contribution in [-0.4, -0.2) is 10.1 Å². The number of aromatic amines is 1. The maximum absolute atomic E-state index is 9.76. The first-order valence-electron chi connectivity index (χ1n) is 4.22. The van der Waals surface area contributed by atoms with Gasteiger partial charge < -0.3 is 15.8 Å². The first kappa shape index (κ1) is 8.13. The van der Waals surface area contributed by atoms with Crippen LogP contribution in [-0.2, 0) is 6.54 Å². The molecule has 0 spiro atoms. The molecular formula is C10H12N2O. The Morgan fingerprint density at radius 3 is 2.92 bits per heavy atom. The molecule has 0 aliphatic carbocycles. The van der Waals surface area contributed by atoms with Crippen LogP contribution in [0.25, 0.3) is 10.9 Å². The molecule has 0 aliphatic heterocycles. The molecule has 0 radical (unpaired) electrons. The van der Waals surface area contributed by atoms with E-state index in [1.807, 2.05) is 25.1 Å². The van der Waals surface area contributed by atoms with Gasteiger partial charge in [-0.2, -0.15) is 0 Å². The van der Waals surface area contributed by atoms with Gasteiger partial charge in [-0.3, -0.25) is 0 Å². The average molecular weight is 176 g/mol. The van der Waals surface area contributed by atoms with E-state index in [9.17, 15) is 5.11 Å². The lowest BCUT2D eigenvalue weighted by Crippen LogP contribution is -1.96. The van der Waals surface area contributed by atoms with Crippen molar-refractivity contribution in [2.24, 2.45) is 5.73 Å². The zero-order valence-electron chi connectivity index (χ0n) is 7.46. The standard InChI is InChI=1S/C10H12N2O/c1-6-4-8-9(12-6)3-2-7(5-11)10(8)13/h2-4,12-13H,5,11H2,1H3. The van der Waals surface area contributed by atoms with E-state index in [4.69, 9.17) is 5.73 Å². The van der Waals surface area contributed by atoms with Gasteiger partial charge in [0.15, 0.2) is 0 Å². The Labute approximate surface area is 76.2 Å². The van der Waals surface area contributed by atoms with Crippen molar-refractivity contribution >= 4 is 10.9 Å². The summed E-state index contributed by atoms with van der Waals surface area (Å²) >= 11 is 0. The molecule has 4 N–H and O–H groups in total. The van der Waals surface area contributed by atoms with Gasteiger partial charge in [0.25, 0.3) is 0 Å². The maximum Gasteiger partial charge on any atom is 0.129 e. The van der Waals surface area contributed by atoms with E-state index in [-0.39, 0.29) is 0 Å². The van der Waals surface area contributed by atoms with Gasteiger partial charge in [-0.1, -0.05) is 6.07 Å². The number of nitrogens with one attached hydrogen (secondary N) is 1. The number of H-pyrrole nitrogens is 1.